The van der Waals surface area contributed by atoms with Gasteiger partial charge < -0.3 is 36.4 Å². The lowest BCUT2D eigenvalue weighted by Gasteiger charge is -2.50. The van der Waals surface area contributed by atoms with Crippen LogP contribution in [0, 0.1) is 11.8 Å². The molecule has 222 valence electrons. The predicted molar refractivity (Wildman–Crippen MR) is 152 cm³/mol. The highest BCUT2D eigenvalue weighted by molar-refractivity contribution is 6.24. The van der Waals surface area contributed by atoms with E-state index < -0.39 is 58.0 Å². The molecule has 7 N–H and O–H groups in total. The lowest BCUT2D eigenvalue weighted by Crippen LogP contribution is -2.65. The molecule has 5 rings (SSSR count). The number of primary amides is 1. The number of carbonyl (C=O) groups is 3. The van der Waals surface area contributed by atoms with Crippen LogP contribution in [0.4, 0.5) is 5.69 Å². The lowest BCUT2D eigenvalue weighted by molar-refractivity contribution is -0.153. The molecule has 0 aromatic heterocycles. The molecule has 2 saturated carbocycles. The molecule has 4 aliphatic carbocycles. The first-order valence-corrected chi connectivity index (χ1v) is 14.2. The number of hydrogen-bond acceptors (Lipinski definition) is 10. The zero-order chi connectivity index (χ0) is 30.0. The predicted octanol–water partition coefficient (Wildman–Crippen LogP) is 1.45. The van der Waals surface area contributed by atoms with Gasteiger partial charge in [-0.25, -0.2) is 0 Å². The van der Waals surface area contributed by atoms with E-state index in [0.717, 1.165) is 31.4 Å². The third-order valence-corrected chi connectivity index (χ3v) is 9.44. The van der Waals surface area contributed by atoms with E-state index in [9.17, 15) is 34.8 Å². The van der Waals surface area contributed by atoms with Crippen molar-refractivity contribution in [3.63, 3.8) is 0 Å². The molecule has 0 aliphatic heterocycles. The first-order valence-electron chi connectivity index (χ1n) is 14.2. The first kappa shape index (κ1) is 29.1. The Balaban J connectivity index is 1.64. The van der Waals surface area contributed by atoms with E-state index in [1.165, 1.54) is 11.3 Å². The average molecular weight is 569 g/mol. The minimum Gasteiger partial charge on any atom is -0.508 e. The van der Waals surface area contributed by atoms with Gasteiger partial charge in [-0.3, -0.25) is 19.3 Å². The van der Waals surface area contributed by atoms with Gasteiger partial charge in [-0.1, -0.05) is 19.3 Å². The van der Waals surface area contributed by atoms with Crippen molar-refractivity contribution in [3.8, 4) is 5.75 Å². The number of Topliss-reactive ketones (excluding diaryl/α,β-unsaturated/α-hetero) is 2. The smallest absolute Gasteiger partial charge is 0.255 e. The number of fused-ring (bicyclic) bond motifs is 3. The number of phenolic OH excluding ortho intramolecular Hbond substituents is 1. The molecule has 0 bridgehead atoms. The lowest BCUT2D eigenvalue weighted by atomic mass is 9.57. The van der Waals surface area contributed by atoms with Crippen LogP contribution in [0.2, 0.25) is 0 Å². The van der Waals surface area contributed by atoms with Crippen LogP contribution in [0.3, 0.4) is 0 Å². The molecule has 0 spiro atoms. The molecule has 0 radical (unpaired) electrons. The molecule has 4 aliphatic rings. The summed E-state index contributed by atoms with van der Waals surface area (Å²) in [6.07, 6.45) is 5.94. The van der Waals surface area contributed by atoms with Crippen molar-refractivity contribution in [2.75, 3.05) is 33.1 Å². The van der Waals surface area contributed by atoms with E-state index in [-0.39, 0.29) is 29.7 Å². The summed E-state index contributed by atoms with van der Waals surface area (Å²) in [5.74, 6) is -6.44. The summed E-state index contributed by atoms with van der Waals surface area (Å²) < 4.78 is 0. The highest BCUT2D eigenvalue weighted by atomic mass is 16.3. The summed E-state index contributed by atoms with van der Waals surface area (Å²) in [6.45, 7) is 0.370. The van der Waals surface area contributed by atoms with Gasteiger partial charge in [0.05, 0.1) is 11.6 Å². The second-order valence-corrected chi connectivity index (χ2v) is 12.3. The van der Waals surface area contributed by atoms with E-state index in [1.807, 2.05) is 25.1 Å². The zero-order valence-corrected chi connectivity index (χ0v) is 24.0. The van der Waals surface area contributed by atoms with Crippen LogP contribution in [0.15, 0.2) is 23.0 Å². The van der Waals surface area contributed by atoms with E-state index in [1.54, 1.807) is 14.1 Å². The standard InChI is InChI=1S/C30H40N4O7/c1-33(2)19-12-15(13-32-16-8-6-5-7-9-16)24(35)21-17(19)10-14-11-18-23(34(3)4)26(37)22(29(31)40)28(39)30(18,41)27(38)20(14)25(21)36/h12,14,16,18,23,32,35-36,39,41H,5-11,13H2,1-4H3,(H2,31,40)/t14-,18-,23?,30-/m0/s1. The molecule has 41 heavy (non-hydrogen) atoms. The average Bonchev–Trinajstić information content (AvgIpc) is 2.90. The Labute approximate surface area is 239 Å². The number of benzene rings is 1. The van der Waals surface area contributed by atoms with Crippen molar-refractivity contribution in [2.24, 2.45) is 17.6 Å². The number of rotatable bonds is 6. The molecule has 11 heteroatoms. The van der Waals surface area contributed by atoms with E-state index in [0.29, 0.717) is 23.7 Å². The number of aromatic hydroxyl groups is 1. The van der Waals surface area contributed by atoms with Gasteiger partial charge in [-0.15, -0.1) is 0 Å². The number of anilines is 1. The number of amides is 1. The number of hydrogen-bond donors (Lipinski definition) is 6. The van der Waals surface area contributed by atoms with Crippen molar-refractivity contribution in [1.82, 2.24) is 10.2 Å². The minimum absolute atomic E-state index is 0.0599. The molecule has 1 aromatic carbocycles. The van der Waals surface area contributed by atoms with E-state index >= 15 is 0 Å². The molecule has 0 saturated heterocycles. The molecular weight excluding hydrogens is 528 g/mol. The Morgan fingerprint density at radius 3 is 2.34 bits per heavy atom. The number of carbonyl (C=O) groups excluding carboxylic acids is 3. The van der Waals surface area contributed by atoms with Crippen LogP contribution in [0.5, 0.6) is 5.75 Å². The van der Waals surface area contributed by atoms with Crippen molar-refractivity contribution in [1.29, 1.82) is 0 Å². The molecule has 1 unspecified atom stereocenters. The third kappa shape index (κ3) is 4.41. The summed E-state index contributed by atoms with van der Waals surface area (Å²) in [7, 11) is 6.89. The van der Waals surface area contributed by atoms with Crippen molar-refractivity contribution >= 4 is 28.9 Å². The molecule has 4 atom stereocenters. The van der Waals surface area contributed by atoms with Crippen LogP contribution in [-0.2, 0) is 27.3 Å². The van der Waals surface area contributed by atoms with Crippen molar-refractivity contribution < 1.29 is 34.8 Å². The third-order valence-electron chi connectivity index (χ3n) is 9.44. The molecule has 1 amide bonds. The number of likely N-dealkylation sites (N-methyl/N-ethyl adjacent to an activating group) is 1. The number of nitrogens with one attached hydrogen (secondary N) is 1. The monoisotopic (exact) mass is 568 g/mol. The van der Waals surface area contributed by atoms with Gasteiger partial charge in [0.15, 0.2) is 11.4 Å². The Morgan fingerprint density at radius 2 is 1.76 bits per heavy atom. The molecule has 2 fully saturated rings. The molecule has 0 heterocycles. The topological polar surface area (TPSA) is 177 Å². The Bertz CT molecular complexity index is 1380. The van der Waals surface area contributed by atoms with Gasteiger partial charge in [0.25, 0.3) is 5.91 Å². The number of nitrogens with two attached hydrogens (primary N) is 1. The van der Waals surface area contributed by atoms with Gasteiger partial charge in [-0.2, -0.15) is 0 Å². The largest absolute Gasteiger partial charge is 0.508 e. The second-order valence-electron chi connectivity index (χ2n) is 12.3. The Hall–Kier alpha value is -3.41. The fraction of sp³-hybridized carbons (Fsp3) is 0.567. The summed E-state index contributed by atoms with van der Waals surface area (Å²) in [5.41, 5.74) is 3.90. The fourth-order valence-corrected chi connectivity index (χ4v) is 7.44. The van der Waals surface area contributed by atoms with Gasteiger partial charge in [-0.05, 0) is 57.3 Å². The quantitative estimate of drug-likeness (QED) is 0.275. The Kier molecular flexibility index (Phi) is 7.42. The number of aliphatic hydroxyl groups excluding tert-OH is 2. The van der Waals surface area contributed by atoms with Crippen LogP contribution in [-0.4, -0.2) is 88.7 Å². The minimum atomic E-state index is -2.65. The maximum Gasteiger partial charge on any atom is 0.255 e. The summed E-state index contributed by atoms with van der Waals surface area (Å²) in [6, 6.07) is 1.11. The summed E-state index contributed by atoms with van der Waals surface area (Å²) >= 11 is 0. The van der Waals surface area contributed by atoms with Crippen LogP contribution < -0.4 is 16.0 Å². The highest BCUT2D eigenvalue weighted by Gasteiger charge is 2.64. The van der Waals surface area contributed by atoms with E-state index in [4.69, 9.17) is 5.73 Å². The fourth-order valence-electron chi connectivity index (χ4n) is 7.44. The normalized spacial score (nSPS) is 28.5. The van der Waals surface area contributed by atoms with Gasteiger partial charge in [0, 0.05) is 49.4 Å². The van der Waals surface area contributed by atoms with Crippen LogP contribution in [0.1, 0.15) is 55.2 Å². The summed E-state index contributed by atoms with van der Waals surface area (Å²) in [5, 5.41) is 49.4. The second kappa shape index (κ2) is 10.5. The van der Waals surface area contributed by atoms with Gasteiger partial charge in [0.2, 0.25) is 5.78 Å². The van der Waals surface area contributed by atoms with E-state index in [2.05, 4.69) is 5.32 Å². The SMILES string of the molecule is CN(C)c1cc(CNC2CCCCC2)c(O)c2c1C[C@H]1C[C@H]3C(N(C)C)C(=O)C(C(N)=O)=C(O)[C@@]3(O)C(=O)C1=C2O. The van der Waals surface area contributed by atoms with Crippen LogP contribution in [0.25, 0.3) is 5.76 Å². The van der Waals surface area contributed by atoms with Crippen molar-refractivity contribution in [3.05, 3.63) is 39.7 Å². The number of aliphatic hydroxyl groups is 3. The molecular formula is C30H40N4O7. The van der Waals surface area contributed by atoms with Crippen LogP contribution >= 0.6 is 0 Å². The maximum absolute atomic E-state index is 14.1. The summed E-state index contributed by atoms with van der Waals surface area (Å²) in [4.78, 5) is 42.9. The molecule has 1 aromatic rings. The maximum atomic E-state index is 14.1. The van der Waals surface area contributed by atoms with Crippen molar-refractivity contribution in [2.45, 2.75) is 69.2 Å². The Morgan fingerprint density at radius 1 is 1.10 bits per heavy atom. The molecule has 11 nitrogen and oxygen atoms in total. The highest BCUT2D eigenvalue weighted by Crippen LogP contribution is 2.54. The first-order chi connectivity index (χ1) is 19.3. The van der Waals surface area contributed by atoms with Gasteiger partial charge in [0.1, 0.15) is 22.8 Å². The number of phenols is 1. The van der Waals surface area contributed by atoms with Gasteiger partial charge >= 0.3 is 0 Å². The number of nitrogens with zero attached hydrogens (tertiary/aromatic N) is 2. The zero-order valence-electron chi connectivity index (χ0n) is 24.0. The number of ketones is 2.